The highest BCUT2D eigenvalue weighted by atomic mass is 32.2. The van der Waals surface area contributed by atoms with Crippen LogP contribution in [0.4, 0.5) is 5.69 Å². The van der Waals surface area contributed by atoms with E-state index in [1.165, 1.54) is 5.56 Å². The summed E-state index contributed by atoms with van der Waals surface area (Å²) in [4.78, 5) is 14.2. The molecule has 0 N–H and O–H groups in total. The standard InChI is InChI=1S/C15H19NOS/c1-3-16(14-6-4-5-12(2)9-14)15(17)10-13-7-8-18-11-13/h4-9,13H,3,10-11H2,1-2H3. The number of carbonyl (C=O) groups is 1. The summed E-state index contributed by atoms with van der Waals surface area (Å²) in [6.07, 6.45) is 2.76. The molecule has 1 unspecified atom stereocenters. The summed E-state index contributed by atoms with van der Waals surface area (Å²) in [6, 6.07) is 8.14. The Bertz CT molecular complexity index is 456. The third-order valence-corrected chi connectivity index (χ3v) is 4.09. The van der Waals surface area contributed by atoms with Gasteiger partial charge in [-0.3, -0.25) is 4.79 Å². The van der Waals surface area contributed by atoms with Gasteiger partial charge < -0.3 is 4.90 Å². The van der Waals surface area contributed by atoms with Crippen molar-refractivity contribution in [1.82, 2.24) is 0 Å². The second kappa shape index (κ2) is 6.10. The minimum absolute atomic E-state index is 0.222. The predicted molar refractivity (Wildman–Crippen MR) is 78.9 cm³/mol. The van der Waals surface area contributed by atoms with E-state index in [1.807, 2.05) is 24.0 Å². The molecule has 1 amide bonds. The van der Waals surface area contributed by atoms with Crippen molar-refractivity contribution in [1.29, 1.82) is 0 Å². The maximum Gasteiger partial charge on any atom is 0.227 e. The van der Waals surface area contributed by atoms with Crippen molar-refractivity contribution >= 4 is 23.4 Å². The highest BCUT2D eigenvalue weighted by Crippen LogP contribution is 2.25. The van der Waals surface area contributed by atoms with Crippen molar-refractivity contribution < 1.29 is 4.79 Å². The summed E-state index contributed by atoms with van der Waals surface area (Å²) in [5, 5.41) is 2.10. The molecule has 0 radical (unpaired) electrons. The molecule has 1 heterocycles. The second-order valence-corrected chi connectivity index (χ2v) is 5.54. The quantitative estimate of drug-likeness (QED) is 0.825. The predicted octanol–water partition coefficient (Wildman–Crippen LogP) is 3.61. The zero-order valence-corrected chi connectivity index (χ0v) is 11.7. The Hall–Kier alpha value is -1.22. The molecule has 2 rings (SSSR count). The monoisotopic (exact) mass is 261 g/mol. The number of aryl methyl sites for hydroxylation is 1. The Labute approximate surface area is 113 Å². The summed E-state index contributed by atoms with van der Waals surface area (Å²) >= 11 is 1.79. The van der Waals surface area contributed by atoms with Gasteiger partial charge in [0.1, 0.15) is 0 Å². The fraction of sp³-hybridized carbons (Fsp3) is 0.400. The Balaban J connectivity index is 2.07. The van der Waals surface area contributed by atoms with Gasteiger partial charge >= 0.3 is 0 Å². The van der Waals surface area contributed by atoms with Gasteiger partial charge in [0.2, 0.25) is 5.91 Å². The number of amides is 1. The summed E-state index contributed by atoms with van der Waals surface area (Å²) in [6.45, 7) is 4.81. The smallest absolute Gasteiger partial charge is 0.227 e. The van der Waals surface area contributed by atoms with Gasteiger partial charge in [0.25, 0.3) is 0 Å². The second-order valence-electron chi connectivity index (χ2n) is 4.60. The molecule has 0 aromatic heterocycles. The fourth-order valence-corrected chi connectivity index (χ4v) is 3.08. The third kappa shape index (κ3) is 3.16. The first kappa shape index (κ1) is 13.2. The van der Waals surface area contributed by atoms with Crippen LogP contribution in [0.2, 0.25) is 0 Å². The van der Waals surface area contributed by atoms with Gasteiger partial charge in [-0.15, -0.1) is 11.8 Å². The molecule has 0 fully saturated rings. The Morgan fingerprint density at radius 3 is 2.94 bits per heavy atom. The fourth-order valence-electron chi connectivity index (χ4n) is 2.16. The van der Waals surface area contributed by atoms with Gasteiger partial charge in [0.15, 0.2) is 0 Å². The lowest BCUT2D eigenvalue weighted by atomic mass is 10.1. The number of rotatable bonds is 4. The Morgan fingerprint density at radius 1 is 1.50 bits per heavy atom. The van der Waals surface area contributed by atoms with Crippen LogP contribution in [0.25, 0.3) is 0 Å². The van der Waals surface area contributed by atoms with Crippen LogP contribution in [0.5, 0.6) is 0 Å². The van der Waals surface area contributed by atoms with Crippen molar-refractivity contribution in [3.05, 3.63) is 41.3 Å². The van der Waals surface area contributed by atoms with E-state index in [4.69, 9.17) is 0 Å². The molecular formula is C15H19NOS. The molecule has 2 nitrogen and oxygen atoms in total. The van der Waals surface area contributed by atoms with Crippen LogP contribution in [0.3, 0.4) is 0 Å². The minimum atomic E-state index is 0.222. The van der Waals surface area contributed by atoms with Crippen LogP contribution in [-0.2, 0) is 4.79 Å². The van der Waals surface area contributed by atoms with E-state index < -0.39 is 0 Å². The maximum absolute atomic E-state index is 12.3. The molecule has 1 aromatic carbocycles. The zero-order valence-electron chi connectivity index (χ0n) is 10.9. The lowest BCUT2D eigenvalue weighted by Crippen LogP contribution is -2.32. The molecule has 0 saturated carbocycles. The van der Waals surface area contributed by atoms with Crippen LogP contribution < -0.4 is 4.90 Å². The number of thioether (sulfide) groups is 1. The number of carbonyl (C=O) groups excluding carboxylic acids is 1. The van der Waals surface area contributed by atoms with Gasteiger partial charge in [-0.05, 0) is 42.9 Å². The highest BCUT2D eigenvalue weighted by Gasteiger charge is 2.19. The molecule has 1 aliphatic rings. The van der Waals surface area contributed by atoms with Crippen LogP contribution in [0.1, 0.15) is 18.9 Å². The lowest BCUT2D eigenvalue weighted by Gasteiger charge is -2.22. The molecule has 1 aromatic rings. The summed E-state index contributed by atoms with van der Waals surface area (Å²) in [7, 11) is 0. The first-order valence-corrected chi connectivity index (χ1v) is 7.41. The summed E-state index contributed by atoms with van der Waals surface area (Å²) < 4.78 is 0. The summed E-state index contributed by atoms with van der Waals surface area (Å²) in [5.41, 5.74) is 2.20. The molecule has 0 saturated heterocycles. The van der Waals surface area contributed by atoms with Crippen LogP contribution in [0, 0.1) is 12.8 Å². The van der Waals surface area contributed by atoms with Gasteiger partial charge in [0, 0.05) is 24.4 Å². The Morgan fingerprint density at radius 2 is 2.33 bits per heavy atom. The highest BCUT2D eigenvalue weighted by molar-refractivity contribution is 8.02. The number of allylic oxidation sites excluding steroid dienone is 1. The number of hydrogen-bond donors (Lipinski definition) is 0. The lowest BCUT2D eigenvalue weighted by molar-refractivity contribution is -0.119. The molecule has 3 heteroatoms. The average molecular weight is 261 g/mol. The largest absolute Gasteiger partial charge is 0.313 e. The van der Waals surface area contributed by atoms with Crippen LogP contribution in [-0.4, -0.2) is 18.2 Å². The van der Waals surface area contributed by atoms with Crippen LogP contribution in [0.15, 0.2) is 35.7 Å². The minimum Gasteiger partial charge on any atom is -0.313 e. The molecule has 1 aliphatic heterocycles. The van der Waals surface area contributed by atoms with Crippen molar-refractivity contribution in [2.45, 2.75) is 20.3 Å². The van der Waals surface area contributed by atoms with Gasteiger partial charge in [-0.1, -0.05) is 18.2 Å². The number of benzene rings is 1. The van der Waals surface area contributed by atoms with E-state index in [2.05, 4.69) is 30.5 Å². The van der Waals surface area contributed by atoms with E-state index in [1.54, 1.807) is 11.8 Å². The molecule has 18 heavy (non-hydrogen) atoms. The number of hydrogen-bond acceptors (Lipinski definition) is 2. The SMILES string of the molecule is CCN(C(=O)CC1C=CSC1)c1cccc(C)c1. The van der Waals surface area contributed by atoms with Crippen LogP contribution >= 0.6 is 11.8 Å². The van der Waals surface area contributed by atoms with Gasteiger partial charge in [-0.2, -0.15) is 0 Å². The molecule has 96 valence electrons. The molecular weight excluding hydrogens is 242 g/mol. The van der Waals surface area contributed by atoms with E-state index in [-0.39, 0.29) is 5.91 Å². The zero-order chi connectivity index (χ0) is 13.0. The van der Waals surface area contributed by atoms with Crippen molar-refractivity contribution in [2.75, 3.05) is 17.2 Å². The van der Waals surface area contributed by atoms with E-state index in [0.717, 1.165) is 18.0 Å². The normalized spacial score (nSPS) is 18.0. The average Bonchev–Trinajstić information content (AvgIpc) is 2.83. The maximum atomic E-state index is 12.3. The van der Waals surface area contributed by atoms with E-state index in [9.17, 15) is 4.79 Å². The summed E-state index contributed by atoms with van der Waals surface area (Å²) in [5.74, 6) is 1.67. The topological polar surface area (TPSA) is 20.3 Å². The molecule has 0 spiro atoms. The first-order chi connectivity index (χ1) is 8.70. The Kier molecular flexibility index (Phi) is 4.48. The van der Waals surface area contributed by atoms with Gasteiger partial charge in [-0.25, -0.2) is 0 Å². The van der Waals surface area contributed by atoms with Crippen molar-refractivity contribution in [2.24, 2.45) is 5.92 Å². The van der Waals surface area contributed by atoms with Crippen molar-refractivity contribution in [3.8, 4) is 0 Å². The first-order valence-electron chi connectivity index (χ1n) is 6.36. The number of nitrogens with zero attached hydrogens (tertiary/aromatic N) is 1. The number of anilines is 1. The molecule has 1 atom stereocenters. The van der Waals surface area contributed by atoms with E-state index in [0.29, 0.717) is 12.3 Å². The van der Waals surface area contributed by atoms with E-state index >= 15 is 0 Å². The third-order valence-electron chi connectivity index (χ3n) is 3.12. The van der Waals surface area contributed by atoms with Gasteiger partial charge in [0.05, 0.1) is 0 Å². The molecule has 0 bridgehead atoms. The molecule has 0 aliphatic carbocycles. The van der Waals surface area contributed by atoms with Crippen molar-refractivity contribution in [3.63, 3.8) is 0 Å².